The lowest BCUT2D eigenvalue weighted by atomic mass is 10.1. The third kappa shape index (κ3) is 2.75. The number of rotatable bonds is 3. The lowest BCUT2D eigenvalue weighted by Gasteiger charge is -2.22. The van der Waals surface area contributed by atoms with E-state index in [1.807, 2.05) is 79.4 Å². The van der Waals surface area contributed by atoms with Gasteiger partial charge in [0.25, 0.3) is 0 Å². The van der Waals surface area contributed by atoms with Crippen LogP contribution in [-0.2, 0) is 20.9 Å². The number of hydrogen-bond acceptors (Lipinski definition) is 3. The van der Waals surface area contributed by atoms with Gasteiger partial charge in [0.1, 0.15) is 0 Å². The maximum atomic E-state index is 6.07. The maximum Gasteiger partial charge on any atom is 0.367 e. The van der Waals surface area contributed by atoms with Crippen molar-refractivity contribution in [2.24, 2.45) is 0 Å². The molecule has 0 aliphatic carbocycles. The van der Waals surface area contributed by atoms with Crippen LogP contribution in [0.25, 0.3) is 11.5 Å². The van der Waals surface area contributed by atoms with Crippen molar-refractivity contribution < 1.29 is 9.05 Å². The summed E-state index contributed by atoms with van der Waals surface area (Å²) in [5.74, 6) is 1.44. The molecule has 0 N–H and O–H groups in total. The third-order valence-corrected chi connectivity index (χ3v) is 6.41. The Labute approximate surface area is 130 Å². The minimum Gasteiger partial charge on any atom is -0.420 e. The highest BCUT2D eigenvalue weighted by Crippen LogP contribution is 2.63. The van der Waals surface area contributed by atoms with Crippen molar-refractivity contribution in [3.63, 3.8) is 0 Å². The van der Waals surface area contributed by atoms with Crippen LogP contribution in [0.15, 0.2) is 60.7 Å². The monoisotopic (exact) mass is 317 g/mol. The van der Waals surface area contributed by atoms with Gasteiger partial charge in [-0.1, -0.05) is 60.7 Å². The fourth-order valence-corrected chi connectivity index (χ4v) is 3.69. The van der Waals surface area contributed by atoms with E-state index in [0.29, 0.717) is 0 Å². The average Bonchev–Trinajstić information content (AvgIpc) is 2.89. The molecule has 3 rings (SSSR count). The molecular weight excluding hydrogens is 301 g/mol. The fourth-order valence-electron chi connectivity index (χ4n) is 2.04. The lowest BCUT2D eigenvalue weighted by Crippen LogP contribution is -2.08. The fraction of sp³-hybridized carbons (Fsp3) is 0.125. The summed E-state index contributed by atoms with van der Waals surface area (Å²) >= 11 is 5.60. The Morgan fingerprint density at radius 3 is 1.48 bits per heavy atom. The number of nitrogens with zero attached hydrogens (tertiary/aromatic N) is 1. The van der Waals surface area contributed by atoms with Gasteiger partial charge in [-0.2, -0.15) is 0 Å². The van der Waals surface area contributed by atoms with Crippen LogP contribution in [0.4, 0.5) is 0 Å². The Balaban J connectivity index is 2.12. The summed E-state index contributed by atoms with van der Waals surface area (Å²) in [7, 11) is 3.77. The molecule has 0 bridgehead atoms. The van der Waals surface area contributed by atoms with E-state index in [1.165, 1.54) is 0 Å². The number of hydrogen-bond donors (Lipinski definition) is 0. The van der Waals surface area contributed by atoms with Crippen LogP contribution < -0.4 is 0 Å². The van der Waals surface area contributed by atoms with Gasteiger partial charge in [-0.15, -0.1) is 0 Å². The molecular formula is C16H16NO2PS. The molecule has 3 nitrogen and oxygen atoms in total. The van der Waals surface area contributed by atoms with Crippen LogP contribution in [0.3, 0.4) is 0 Å². The summed E-state index contributed by atoms with van der Waals surface area (Å²) in [6, 6.07) is 19.9. The molecule has 2 aromatic carbocycles. The van der Waals surface area contributed by atoms with Crippen LogP contribution in [0.5, 0.6) is 0 Å². The van der Waals surface area contributed by atoms with Crippen molar-refractivity contribution in [3.8, 4) is 0 Å². The summed E-state index contributed by atoms with van der Waals surface area (Å²) in [6.45, 7) is -2.49. The van der Waals surface area contributed by atoms with Crippen molar-refractivity contribution in [1.29, 1.82) is 0 Å². The Morgan fingerprint density at radius 2 is 1.14 bits per heavy atom. The van der Waals surface area contributed by atoms with Gasteiger partial charge in [-0.3, -0.25) is 0 Å². The zero-order chi connectivity index (χ0) is 14.9. The Kier molecular flexibility index (Phi) is 3.85. The predicted molar refractivity (Wildman–Crippen MR) is 89.8 cm³/mol. The van der Waals surface area contributed by atoms with E-state index >= 15 is 0 Å². The Hall–Kier alpha value is -1.61. The standard InChI is InChI=1S/C16H16NO2PS/c1-17(2)20(21)18-15(13-9-5-3-6-10-13)16(19-20)14-11-7-4-8-12-14/h3-12H,1-2H3. The second-order valence-electron chi connectivity index (χ2n) is 4.89. The maximum absolute atomic E-state index is 6.07. The molecule has 1 heterocycles. The molecule has 0 atom stereocenters. The van der Waals surface area contributed by atoms with Crippen LogP contribution in [0, 0.1) is 0 Å². The van der Waals surface area contributed by atoms with Crippen molar-refractivity contribution in [2.45, 2.75) is 0 Å². The molecule has 0 saturated carbocycles. The number of benzene rings is 2. The molecule has 2 aromatic rings. The molecule has 0 amide bonds. The molecule has 0 fully saturated rings. The van der Waals surface area contributed by atoms with Crippen molar-refractivity contribution >= 4 is 30.0 Å². The van der Waals surface area contributed by atoms with Crippen LogP contribution in [0.1, 0.15) is 11.1 Å². The molecule has 1 aliphatic rings. The SMILES string of the molecule is CN(C)P1(=S)OC(c2ccccc2)=C(c2ccccc2)O1. The van der Waals surface area contributed by atoms with Crippen molar-refractivity contribution in [1.82, 2.24) is 4.67 Å². The minimum absolute atomic E-state index is 0.721. The van der Waals surface area contributed by atoms with E-state index in [4.69, 9.17) is 20.9 Å². The predicted octanol–water partition coefficient (Wildman–Crippen LogP) is 4.35. The Morgan fingerprint density at radius 1 is 0.762 bits per heavy atom. The lowest BCUT2D eigenvalue weighted by molar-refractivity contribution is 0.419. The third-order valence-electron chi connectivity index (χ3n) is 3.18. The molecule has 0 spiro atoms. The normalized spacial score (nSPS) is 16.7. The summed E-state index contributed by atoms with van der Waals surface area (Å²) in [4.78, 5) is 0. The first kappa shape index (κ1) is 14.3. The molecule has 5 heteroatoms. The van der Waals surface area contributed by atoms with Gasteiger partial charge in [-0.25, -0.2) is 4.67 Å². The first-order valence-electron chi connectivity index (χ1n) is 6.62. The average molecular weight is 317 g/mol. The van der Waals surface area contributed by atoms with Crippen molar-refractivity contribution in [2.75, 3.05) is 14.1 Å². The quantitative estimate of drug-likeness (QED) is 0.785. The summed E-state index contributed by atoms with van der Waals surface area (Å²) in [5.41, 5.74) is 1.95. The molecule has 0 aromatic heterocycles. The van der Waals surface area contributed by atoms with E-state index in [2.05, 4.69) is 0 Å². The second kappa shape index (κ2) is 5.64. The highest BCUT2D eigenvalue weighted by molar-refractivity contribution is 8.09. The van der Waals surface area contributed by atoms with E-state index in [-0.39, 0.29) is 0 Å². The molecule has 108 valence electrons. The second-order valence-corrected chi connectivity index (χ2v) is 8.38. The molecule has 0 saturated heterocycles. The molecule has 0 unspecified atom stereocenters. The van der Waals surface area contributed by atoms with Gasteiger partial charge < -0.3 is 9.05 Å². The van der Waals surface area contributed by atoms with Gasteiger partial charge in [0.05, 0.1) is 0 Å². The van der Waals surface area contributed by atoms with Gasteiger partial charge in [-0.05, 0) is 14.1 Å². The van der Waals surface area contributed by atoms with Gasteiger partial charge in [0.15, 0.2) is 11.5 Å². The van der Waals surface area contributed by atoms with Gasteiger partial charge in [0, 0.05) is 22.9 Å². The Bertz CT molecular complexity index is 658. The first-order chi connectivity index (χ1) is 10.1. The topological polar surface area (TPSA) is 21.7 Å². The molecule has 0 radical (unpaired) electrons. The highest BCUT2D eigenvalue weighted by atomic mass is 32.5. The van der Waals surface area contributed by atoms with E-state index < -0.39 is 6.64 Å². The molecule has 21 heavy (non-hydrogen) atoms. The van der Waals surface area contributed by atoms with E-state index in [9.17, 15) is 0 Å². The summed E-state index contributed by atoms with van der Waals surface area (Å²) < 4.78 is 14.0. The summed E-state index contributed by atoms with van der Waals surface area (Å²) in [5, 5.41) is 0. The van der Waals surface area contributed by atoms with E-state index in [1.54, 1.807) is 0 Å². The summed E-state index contributed by atoms with van der Waals surface area (Å²) in [6.07, 6.45) is 0. The van der Waals surface area contributed by atoms with Crippen LogP contribution in [-0.4, -0.2) is 18.8 Å². The zero-order valence-electron chi connectivity index (χ0n) is 11.9. The first-order valence-corrected chi connectivity index (χ1v) is 9.21. The highest BCUT2D eigenvalue weighted by Gasteiger charge is 2.37. The molecule has 1 aliphatic heterocycles. The zero-order valence-corrected chi connectivity index (χ0v) is 13.6. The minimum atomic E-state index is -2.49. The van der Waals surface area contributed by atoms with E-state index in [0.717, 1.165) is 22.6 Å². The van der Waals surface area contributed by atoms with Crippen LogP contribution >= 0.6 is 6.64 Å². The van der Waals surface area contributed by atoms with Gasteiger partial charge in [0.2, 0.25) is 0 Å². The van der Waals surface area contributed by atoms with Crippen LogP contribution in [0.2, 0.25) is 0 Å². The van der Waals surface area contributed by atoms with Crippen molar-refractivity contribution in [3.05, 3.63) is 71.8 Å². The smallest absolute Gasteiger partial charge is 0.367 e. The largest absolute Gasteiger partial charge is 0.420 e. The van der Waals surface area contributed by atoms with Gasteiger partial charge >= 0.3 is 6.64 Å².